The Balaban J connectivity index is 0.00000136. The number of hydrogen-bond acceptors (Lipinski definition) is 5. The number of hydrogen-bond donors (Lipinski definition) is 2. The predicted molar refractivity (Wildman–Crippen MR) is 114 cm³/mol. The van der Waals surface area contributed by atoms with Crippen molar-refractivity contribution in [1.29, 1.82) is 0 Å². The maximum atomic E-state index is 12.2. The summed E-state index contributed by atoms with van der Waals surface area (Å²) in [5.41, 5.74) is 8.21. The van der Waals surface area contributed by atoms with Crippen LogP contribution in [0.3, 0.4) is 0 Å². The van der Waals surface area contributed by atoms with E-state index in [1.807, 2.05) is 4.90 Å². The van der Waals surface area contributed by atoms with E-state index in [4.69, 9.17) is 4.74 Å². The number of ether oxygens (including phenoxy) is 1. The summed E-state index contributed by atoms with van der Waals surface area (Å²) >= 11 is 0. The average Bonchev–Trinajstić information content (AvgIpc) is 2.76. The number of rotatable bonds is 8. The molecule has 3 rings (SSSR count). The highest BCUT2D eigenvalue weighted by atomic mass is 16.5. The molecule has 2 aliphatic rings. The van der Waals surface area contributed by atoms with Crippen molar-refractivity contribution in [2.45, 2.75) is 38.6 Å². The normalized spacial score (nSPS) is 16.7. The quantitative estimate of drug-likeness (QED) is 0.407. The SMILES string of the molecule is C=C.CNNCC(=O)N1CCc2ccc(OCCCN3CCCCC3)cc2C1. The van der Waals surface area contributed by atoms with Crippen molar-refractivity contribution in [2.75, 3.05) is 46.4 Å². The van der Waals surface area contributed by atoms with Gasteiger partial charge in [-0.2, -0.15) is 0 Å². The van der Waals surface area contributed by atoms with Crippen LogP contribution in [0.15, 0.2) is 31.4 Å². The molecule has 0 saturated carbocycles. The van der Waals surface area contributed by atoms with Crippen molar-refractivity contribution >= 4 is 5.91 Å². The summed E-state index contributed by atoms with van der Waals surface area (Å²) in [5, 5.41) is 0. The number of benzene rings is 1. The summed E-state index contributed by atoms with van der Waals surface area (Å²) in [6.45, 7) is 12.1. The van der Waals surface area contributed by atoms with Crippen LogP contribution in [0.25, 0.3) is 0 Å². The number of amides is 1. The van der Waals surface area contributed by atoms with E-state index in [1.165, 1.54) is 43.5 Å². The average molecular weight is 389 g/mol. The van der Waals surface area contributed by atoms with E-state index in [0.29, 0.717) is 13.1 Å². The molecule has 0 unspecified atom stereocenters. The first-order valence-electron chi connectivity index (χ1n) is 10.4. The zero-order chi connectivity index (χ0) is 20.2. The highest BCUT2D eigenvalue weighted by Crippen LogP contribution is 2.24. The number of carbonyl (C=O) groups excluding carboxylic acids is 1. The largest absolute Gasteiger partial charge is 0.494 e. The van der Waals surface area contributed by atoms with Gasteiger partial charge in [0.15, 0.2) is 0 Å². The molecule has 1 saturated heterocycles. The smallest absolute Gasteiger partial charge is 0.238 e. The number of fused-ring (bicyclic) bond motifs is 1. The van der Waals surface area contributed by atoms with Crippen molar-refractivity contribution in [1.82, 2.24) is 20.7 Å². The highest BCUT2D eigenvalue weighted by molar-refractivity contribution is 5.78. The van der Waals surface area contributed by atoms with Gasteiger partial charge in [0.1, 0.15) is 5.75 Å². The summed E-state index contributed by atoms with van der Waals surface area (Å²) < 4.78 is 5.97. The molecule has 1 amide bonds. The molecular weight excluding hydrogens is 352 g/mol. The molecule has 2 heterocycles. The molecule has 2 N–H and O–H groups in total. The fourth-order valence-electron chi connectivity index (χ4n) is 3.77. The Labute approximate surface area is 169 Å². The minimum atomic E-state index is 0.123. The fraction of sp³-hybridized carbons (Fsp3) is 0.591. The maximum absolute atomic E-state index is 12.2. The lowest BCUT2D eigenvalue weighted by molar-refractivity contribution is -0.131. The molecule has 0 atom stereocenters. The lowest BCUT2D eigenvalue weighted by Crippen LogP contribution is -2.43. The van der Waals surface area contributed by atoms with Crippen molar-refractivity contribution in [3.63, 3.8) is 0 Å². The molecule has 0 bridgehead atoms. The lowest BCUT2D eigenvalue weighted by atomic mass is 9.99. The van der Waals surface area contributed by atoms with Crippen LogP contribution in [0.2, 0.25) is 0 Å². The number of carbonyl (C=O) groups is 1. The molecule has 0 radical (unpaired) electrons. The van der Waals surface area contributed by atoms with E-state index >= 15 is 0 Å². The van der Waals surface area contributed by atoms with Crippen LogP contribution in [-0.4, -0.2) is 62.1 Å². The van der Waals surface area contributed by atoms with Gasteiger partial charge in [0, 0.05) is 19.6 Å². The molecule has 6 heteroatoms. The van der Waals surface area contributed by atoms with Gasteiger partial charge in [0.25, 0.3) is 0 Å². The van der Waals surface area contributed by atoms with Gasteiger partial charge in [0.2, 0.25) is 5.91 Å². The maximum Gasteiger partial charge on any atom is 0.238 e. The van der Waals surface area contributed by atoms with Gasteiger partial charge in [-0.1, -0.05) is 12.5 Å². The molecule has 0 aliphatic carbocycles. The second-order valence-corrected chi connectivity index (χ2v) is 7.20. The highest BCUT2D eigenvalue weighted by Gasteiger charge is 2.20. The molecule has 0 spiro atoms. The monoisotopic (exact) mass is 388 g/mol. The summed E-state index contributed by atoms with van der Waals surface area (Å²) in [4.78, 5) is 16.7. The molecular formula is C22H36N4O2. The second-order valence-electron chi connectivity index (χ2n) is 7.20. The molecule has 1 aromatic carbocycles. The van der Waals surface area contributed by atoms with Gasteiger partial charge < -0.3 is 14.5 Å². The first-order chi connectivity index (χ1) is 13.8. The Morgan fingerprint density at radius 2 is 1.93 bits per heavy atom. The third-order valence-corrected chi connectivity index (χ3v) is 5.30. The number of likely N-dealkylation sites (tertiary alicyclic amines) is 1. The number of piperidine rings is 1. The molecule has 2 aliphatic heterocycles. The number of nitrogens with one attached hydrogen (secondary N) is 2. The summed E-state index contributed by atoms with van der Waals surface area (Å²) in [7, 11) is 1.77. The van der Waals surface area contributed by atoms with Crippen molar-refractivity contribution in [2.24, 2.45) is 0 Å². The third kappa shape index (κ3) is 6.93. The van der Waals surface area contributed by atoms with Crippen LogP contribution >= 0.6 is 0 Å². The van der Waals surface area contributed by atoms with E-state index in [-0.39, 0.29) is 5.91 Å². The molecule has 28 heavy (non-hydrogen) atoms. The van der Waals surface area contributed by atoms with Crippen LogP contribution in [0, 0.1) is 0 Å². The Hall–Kier alpha value is -1.89. The summed E-state index contributed by atoms with van der Waals surface area (Å²) in [5.74, 6) is 1.04. The predicted octanol–water partition coefficient (Wildman–Crippen LogP) is 2.35. The summed E-state index contributed by atoms with van der Waals surface area (Å²) in [6, 6.07) is 6.34. The first kappa shape index (κ1) is 22.4. The van der Waals surface area contributed by atoms with Crippen molar-refractivity contribution < 1.29 is 9.53 Å². The van der Waals surface area contributed by atoms with Crippen molar-refractivity contribution in [3.8, 4) is 5.75 Å². The topological polar surface area (TPSA) is 56.8 Å². The minimum Gasteiger partial charge on any atom is -0.494 e. The van der Waals surface area contributed by atoms with Gasteiger partial charge in [-0.05, 0) is 69.1 Å². The van der Waals surface area contributed by atoms with Gasteiger partial charge in [-0.15, -0.1) is 13.2 Å². The van der Waals surface area contributed by atoms with Crippen LogP contribution in [0.5, 0.6) is 5.75 Å². The van der Waals surface area contributed by atoms with Crippen molar-refractivity contribution in [3.05, 3.63) is 42.5 Å². The summed E-state index contributed by atoms with van der Waals surface area (Å²) in [6.07, 6.45) is 6.04. The fourth-order valence-corrected chi connectivity index (χ4v) is 3.77. The van der Waals surface area contributed by atoms with E-state index in [9.17, 15) is 4.79 Å². The molecule has 6 nitrogen and oxygen atoms in total. The molecule has 1 fully saturated rings. The molecule has 1 aromatic rings. The molecule has 0 aromatic heterocycles. The van der Waals surface area contributed by atoms with E-state index < -0.39 is 0 Å². The van der Waals surface area contributed by atoms with Gasteiger partial charge in [0.05, 0.1) is 13.2 Å². The number of nitrogens with zero attached hydrogens (tertiary/aromatic N) is 2. The standard InChI is InChI=1S/C20H32N4O2.C2H4/c1-21-22-15-20(25)24-12-8-17-6-7-19(14-18(17)16-24)26-13-5-11-23-9-3-2-4-10-23;1-2/h6-7,14,21-22H,2-5,8-13,15-16H2,1H3;1-2H2. The van der Waals surface area contributed by atoms with Crippen LogP contribution < -0.4 is 15.6 Å². The first-order valence-corrected chi connectivity index (χ1v) is 10.4. The van der Waals surface area contributed by atoms with Crippen LogP contribution in [0.1, 0.15) is 36.8 Å². The van der Waals surface area contributed by atoms with Gasteiger partial charge >= 0.3 is 0 Å². The Kier molecular flexibility index (Phi) is 10.0. The minimum absolute atomic E-state index is 0.123. The van der Waals surface area contributed by atoms with E-state index in [2.05, 4.69) is 47.1 Å². The molecule has 156 valence electrons. The van der Waals surface area contributed by atoms with Gasteiger partial charge in [-0.3, -0.25) is 10.2 Å². The third-order valence-electron chi connectivity index (χ3n) is 5.30. The van der Waals surface area contributed by atoms with E-state index in [1.54, 1.807) is 7.05 Å². The Morgan fingerprint density at radius 3 is 2.68 bits per heavy atom. The van der Waals surface area contributed by atoms with E-state index in [0.717, 1.165) is 38.3 Å². The zero-order valence-corrected chi connectivity index (χ0v) is 17.3. The second kappa shape index (κ2) is 12.5. The Morgan fingerprint density at radius 1 is 1.14 bits per heavy atom. The lowest BCUT2D eigenvalue weighted by Gasteiger charge is -2.29. The Bertz CT molecular complexity index is 602. The number of hydrazine groups is 1. The zero-order valence-electron chi connectivity index (χ0n) is 17.3. The van der Waals surface area contributed by atoms with Crippen LogP contribution in [0.4, 0.5) is 0 Å². The van der Waals surface area contributed by atoms with Gasteiger partial charge in [-0.25, -0.2) is 5.43 Å². The van der Waals surface area contributed by atoms with Crippen LogP contribution in [-0.2, 0) is 17.8 Å².